The number of hydrogen-bond acceptors (Lipinski definition) is 7. The minimum Gasteiger partial charge on any atom is -0.472 e. The lowest BCUT2D eigenvalue weighted by Crippen LogP contribution is -2.14. The summed E-state index contributed by atoms with van der Waals surface area (Å²) in [4.78, 5) is 15.4. The van der Waals surface area contributed by atoms with Crippen molar-refractivity contribution in [2.24, 2.45) is 18.0 Å². The predicted molar refractivity (Wildman–Crippen MR) is 88.4 cm³/mol. The van der Waals surface area contributed by atoms with Gasteiger partial charge in [0.05, 0.1) is 13.2 Å². The summed E-state index contributed by atoms with van der Waals surface area (Å²) in [6.07, 6.45) is 3.75. The van der Waals surface area contributed by atoms with E-state index in [0.717, 1.165) is 37.4 Å². The van der Waals surface area contributed by atoms with Crippen LogP contribution in [0.15, 0.2) is 10.1 Å². The van der Waals surface area contributed by atoms with Crippen LogP contribution in [0.2, 0.25) is 0 Å². The van der Waals surface area contributed by atoms with Crippen LogP contribution >= 0.6 is 11.8 Å². The quantitative estimate of drug-likeness (QED) is 0.407. The van der Waals surface area contributed by atoms with Gasteiger partial charge in [0.15, 0.2) is 0 Å². The number of carbonyl (C=O) groups is 1. The Morgan fingerprint density at radius 2 is 2.13 bits per heavy atom. The summed E-state index contributed by atoms with van der Waals surface area (Å²) in [6, 6.07) is 0. The molecule has 0 saturated carbocycles. The number of hydrogen-bond donors (Lipinski definition) is 0. The molecule has 0 bridgehead atoms. The highest BCUT2D eigenvalue weighted by Crippen LogP contribution is 2.19. The molecule has 0 radical (unpaired) electrons. The molecule has 23 heavy (non-hydrogen) atoms. The summed E-state index contributed by atoms with van der Waals surface area (Å²) >= 11 is 1.11. The Bertz CT molecular complexity index is 506. The van der Waals surface area contributed by atoms with Crippen LogP contribution in [0.4, 0.5) is 4.79 Å². The third-order valence-corrected chi connectivity index (χ3v) is 4.11. The second kappa shape index (κ2) is 11.0. The number of ether oxygens (including phenoxy) is 2. The van der Waals surface area contributed by atoms with E-state index >= 15 is 0 Å². The lowest BCUT2D eigenvalue weighted by molar-refractivity contribution is 0.161. The highest BCUT2D eigenvalue weighted by Gasteiger charge is 2.15. The van der Waals surface area contributed by atoms with E-state index in [1.54, 1.807) is 14.0 Å². The maximum atomic E-state index is 11.6. The Morgan fingerprint density at radius 3 is 2.70 bits per heavy atom. The number of unbranched alkanes of at least 4 members (excludes halogenated alkanes) is 1. The minimum atomic E-state index is -0.674. The van der Waals surface area contributed by atoms with Crippen molar-refractivity contribution in [3.8, 4) is 0 Å². The number of aromatic nitrogens is 4. The van der Waals surface area contributed by atoms with Crippen LogP contribution in [-0.2, 0) is 16.5 Å². The van der Waals surface area contributed by atoms with E-state index in [-0.39, 0.29) is 11.8 Å². The minimum absolute atomic E-state index is 0.205. The SMILES string of the molecule is CCCCC(CC)CO/C(=N/C(=O)OCC)Sc1nnnn1C. The van der Waals surface area contributed by atoms with Crippen molar-refractivity contribution in [1.82, 2.24) is 20.2 Å². The number of amides is 1. The average molecular weight is 343 g/mol. The van der Waals surface area contributed by atoms with Crippen molar-refractivity contribution in [2.75, 3.05) is 13.2 Å². The number of carbonyl (C=O) groups excluding carboxylic acids is 1. The number of tetrazole rings is 1. The fourth-order valence-electron chi connectivity index (χ4n) is 1.79. The van der Waals surface area contributed by atoms with Crippen LogP contribution in [-0.4, -0.2) is 44.7 Å². The third-order valence-electron chi connectivity index (χ3n) is 3.20. The molecule has 0 aromatic carbocycles. The summed E-state index contributed by atoms with van der Waals surface area (Å²) in [5, 5.41) is 11.9. The van der Waals surface area contributed by atoms with E-state index in [1.165, 1.54) is 4.68 Å². The molecule has 0 N–H and O–H groups in total. The molecule has 8 nitrogen and oxygen atoms in total. The fraction of sp³-hybridized carbons (Fsp3) is 0.786. The van der Waals surface area contributed by atoms with E-state index in [2.05, 4.69) is 34.4 Å². The van der Waals surface area contributed by atoms with Crippen LogP contribution in [0.1, 0.15) is 46.5 Å². The first-order valence-electron chi connectivity index (χ1n) is 7.89. The molecule has 1 amide bonds. The molecule has 130 valence electrons. The van der Waals surface area contributed by atoms with Gasteiger partial charge in [0.1, 0.15) is 0 Å². The molecular weight excluding hydrogens is 318 g/mol. The summed E-state index contributed by atoms with van der Waals surface area (Å²) in [5.41, 5.74) is 0. The molecule has 1 aromatic heterocycles. The van der Waals surface area contributed by atoms with Crippen LogP contribution < -0.4 is 0 Å². The third kappa shape index (κ3) is 7.45. The molecular formula is C14H25N5O3S. The number of aryl methyl sites for hydroxylation is 1. The number of rotatable bonds is 8. The molecule has 1 unspecified atom stereocenters. The molecule has 1 atom stereocenters. The molecule has 0 aliphatic rings. The fourth-order valence-corrected chi connectivity index (χ4v) is 2.44. The maximum Gasteiger partial charge on any atom is 0.437 e. The first-order chi connectivity index (χ1) is 11.1. The second-order valence-corrected chi connectivity index (χ2v) is 5.91. The molecule has 0 saturated heterocycles. The molecule has 1 aromatic rings. The van der Waals surface area contributed by atoms with Crippen molar-refractivity contribution in [1.29, 1.82) is 0 Å². The predicted octanol–water partition coefficient (Wildman–Crippen LogP) is 3.05. The Morgan fingerprint density at radius 1 is 1.35 bits per heavy atom. The smallest absolute Gasteiger partial charge is 0.437 e. The van der Waals surface area contributed by atoms with Crippen LogP contribution in [0, 0.1) is 5.92 Å². The van der Waals surface area contributed by atoms with Gasteiger partial charge in [-0.05, 0) is 29.7 Å². The monoisotopic (exact) mass is 343 g/mol. The molecule has 0 aliphatic carbocycles. The molecule has 1 rings (SSSR count). The van der Waals surface area contributed by atoms with Gasteiger partial charge in [0, 0.05) is 18.8 Å². The molecule has 0 fully saturated rings. The van der Waals surface area contributed by atoms with E-state index in [1.807, 2.05) is 0 Å². The molecule has 0 spiro atoms. The zero-order valence-corrected chi connectivity index (χ0v) is 15.0. The summed E-state index contributed by atoms with van der Waals surface area (Å²) in [7, 11) is 1.71. The largest absolute Gasteiger partial charge is 0.472 e. The number of nitrogens with zero attached hydrogens (tertiary/aromatic N) is 5. The first kappa shape index (κ1) is 19.4. The average Bonchev–Trinajstić information content (AvgIpc) is 2.92. The van der Waals surface area contributed by atoms with E-state index in [4.69, 9.17) is 9.47 Å². The zero-order valence-electron chi connectivity index (χ0n) is 14.2. The van der Waals surface area contributed by atoms with Gasteiger partial charge in [-0.25, -0.2) is 9.48 Å². The van der Waals surface area contributed by atoms with Gasteiger partial charge in [-0.1, -0.05) is 33.1 Å². The van der Waals surface area contributed by atoms with Gasteiger partial charge >= 0.3 is 6.09 Å². The lowest BCUT2D eigenvalue weighted by Gasteiger charge is -2.15. The Balaban J connectivity index is 2.70. The normalized spacial score (nSPS) is 13.0. The van der Waals surface area contributed by atoms with Gasteiger partial charge in [-0.15, -0.1) is 10.1 Å². The van der Waals surface area contributed by atoms with Crippen molar-refractivity contribution in [3.63, 3.8) is 0 Å². The first-order valence-corrected chi connectivity index (χ1v) is 8.70. The van der Waals surface area contributed by atoms with Gasteiger partial charge in [-0.2, -0.15) is 0 Å². The van der Waals surface area contributed by atoms with Gasteiger partial charge in [0.2, 0.25) is 5.16 Å². The Hall–Kier alpha value is -1.64. The van der Waals surface area contributed by atoms with Crippen molar-refractivity contribution in [3.05, 3.63) is 0 Å². The summed E-state index contributed by atoms with van der Waals surface area (Å²) < 4.78 is 12.1. The summed E-state index contributed by atoms with van der Waals surface area (Å²) in [5.74, 6) is 0.431. The lowest BCUT2D eigenvalue weighted by atomic mass is 10.0. The molecule has 1 heterocycles. The van der Waals surface area contributed by atoms with Crippen molar-refractivity contribution >= 4 is 23.1 Å². The second-order valence-electron chi connectivity index (χ2n) is 4.99. The highest BCUT2D eigenvalue weighted by atomic mass is 32.2. The van der Waals surface area contributed by atoms with E-state index in [9.17, 15) is 4.79 Å². The maximum absolute atomic E-state index is 11.6. The molecule has 0 aliphatic heterocycles. The highest BCUT2D eigenvalue weighted by molar-refractivity contribution is 8.13. The van der Waals surface area contributed by atoms with Gasteiger partial charge < -0.3 is 9.47 Å². The Labute approximate surface area is 141 Å². The van der Waals surface area contributed by atoms with E-state index in [0.29, 0.717) is 17.7 Å². The zero-order chi connectivity index (χ0) is 17.1. The number of aliphatic imine (C=N–C) groups is 1. The summed E-state index contributed by atoms with van der Waals surface area (Å²) in [6.45, 7) is 6.79. The van der Waals surface area contributed by atoms with Crippen LogP contribution in [0.5, 0.6) is 0 Å². The van der Waals surface area contributed by atoms with Gasteiger partial charge in [0.25, 0.3) is 5.23 Å². The van der Waals surface area contributed by atoms with Crippen molar-refractivity contribution < 1.29 is 14.3 Å². The Kier molecular flexibility index (Phi) is 9.27. The standard InChI is InChI=1S/C14H25N5O3S/c1-5-8-9-11(6-2)10-22-14(15-13(20)21-7-3)23-12-16-17-18-19(12)4/h11H,5-10H2,1-4H3/b15-14-. The van der Waals surface area contributed by atoms with Crippen molar-refractivity contribution in [2.45, 2.75) is 51.6 Å². The van der Waals surface area contributed by atoms with E-state index < -0.39 is 6.09 Å². The topological polar surface area (TPSA) is 91.5 Å². The van der Waals surface area contributed by atoms with Crippen LogP contribution in [0.25, 0.3) is 0 Å². The molecule has 9 heteroatoms. The van der Waals surface area contributed by atoms with Gasteiger partial charge in [-0.3, -0.25) is 0 Å². The number of thioether (sulfide) groups is 1. The van der Waals surface area contributed by atoms with Crippen LogP contribution in [0.3, 0.4) is 0 Å².